The van der Waals surface area contributed by atoms with Crippen LogP contribution in [0.3, 0.4) is 0 Å². The lowest BCUT2D eigenvalue weighted by molar-refractivity contribution is 0.125. The topological polar surface area (TPSA) is 32.5 Å². The largest absolute Gasteiger partial charge is 0.330 e. The van der Waals surface area contributed by atoms with Gasteiger partial charge in [-0.1, -0.05) is 0 Å². The van der Waals surface area contributed by atoms with Crippen LogP contribution < -0.4 is 5.73 Å². The fraction of sp³-hybridized carbons (Fsp3) is 0.600. The van der Waals surface area contributed by atoms with Crippen molar-refractivity contribution in [1.82, 2.24) is 9.80 Å². The second-order valence-corrected chi connectivity index (χ2v) is 5.39. The molecule has 5 heteroatoms. The Kier molecular flexibility index (Phi) is 5.88. The first kappa shape index (κ1) is 15.4. The molecule has 0 spiro atoms. The zero-order chi connectivity index (χ0) is 14.4. The Morgan fingerprint density at radius 3 is 2.10 bits per heavy atom. The molecule has 0 radical (unpaired) electrons. The standard InChI is InChI=1S/C15H23F2N3/c16-14-9-13(10-15(17)11-14)12-20-7-5-19(6-8-20)4-2-1-3-18/h9-11H,1-8,12,18H2. The maximum absolute atomic E-state index is 13.1. The summed E-state index contributed by atoms with van der Waals surface area (Å²) in [6, 6.07) is 3.74. The molecule has 1 heterocycles. The molecule has 1 saturated heterocycles. The van der Waals surface area contributed by atoms with Gasteiger partial charge in [0.25, 0.3) is 0 Å². The van der Waals surface area contributed by atoms with Gasteiger partial charge in [-0.2, -0.15) is 0 Å². The number of benzene rings is 1. The molecule has 0 saturated carbocycles. The molecule has 1 aliphatic heterocycles. The molecule has 3 nitrogen and oxygen atoms in total. The van der Waals surface area contributed by atoms with E-state index in [9.17, 15) is 8.78 Å². The van der Waals surface area contributed by atoms with E-state index in [1.807, 2.05) is 0 Å². The van der Waals surface area contributed by atoms with Crippen LogP contribution in [0.4, 0.5) is 8.78 Å². The monoisotopic (exact) mass is 283 g/mol. The van der Waals surface area contributed by atoms with Crippen molar-refractivity contribution in [3.8, 4) is 0 Å². The third kappa shape index (κ3) is 4.81. The second-order valence-electron chi connectivity index (χ2n) is 5.39. The molecule has 20 heavy (non-hydrogen) atoms. The Balaban J connectivity index is 1.76. The van der Waals surface area contributed by atoms with Gasteiger partial charge in [-0.3, -0.25) is 4.90 Å². The highest BCUT2D eigenvalue weighted by molar-refractivity contribution is 5.17. The maximum Gasteiger partial charge on any atom is 0.126 e. The van der Waals surface area contributed by atoms with Crippen LogP contribution in [0.5, 0.6) is 0 Å². The Labute approximate surface area is 119 Å². The molecule has 0 unspecified atom stereocenters. The summed E-state index contributed by atoms with van der Waals surface area (Å²) in [6.07, 6.45) is 2.22. The predicted octanol–water partition coefficient (Wildman–Crippen LogP) is 1.82. The van der Waals surface area contributed by atoms with E-state index in [0.29, 0.717) is 12.1 Å². The summed E-state index contributed by atoms with van der Waals surface area (Å²) in [5.41, 5.74) is 6.20. The van der Waals surface area contributed by atoms with Crippen LogP contribution in [-0.2, 0) is 6.54 Å². The van der Waals surface area contributed by atoms with Gasteiger partial charge in [0.05, 0.1) is 0 Å². The molecule has 112 valence electrons. The first-order valence-corrected chi connectivity index (χ1v) is 7.27. The SMILES string of the molecule is NCCCCN1CCN(Cc2cc(F)cc(F)c2)CC1. The summed E-state index contributed by atoms with van der Waals surface area (Å²) >= 11 is 0. The number of hydrogen-bond acceptors (Lipinski definition) is 3. The van der Waals surface area contributed by atoms with Crippen LogP contribution in [-0.4, -0.2) is 49.1 Å². The highest BCUT2D eigenvalue weighted by Crippen LogP contribution is 2.12. The van der Waals surface area contributed by atoms with Gasteiger partial charge in [0, 0.05) is 38.8 Å². The number of halogens is 2. The summed E-state index contributed by atoms with van der Waals surface area (Å²) in [7, 11) is 0. The molecule has 0 atom stereocenters. The second kappa shape index (κ2) is 7.67. The fourth-order valence-electron chi connectivity index (χ4n) is 2.61. The normalized spacial score (nSPS) is 17.6. The molecule has 2 rings (SSSR count). The average Bonchev–Trinajstić information content (AvgIpc) is 2.40. The van der Waals surface area contributed by atoms with Crippen molar-refractivity contribution in [3.05, 3.63) is 35.4 Å². The molecule has 1 fully saturated rings. The van der Waals surface area contributed by atoms with Crippen molar-refractivity contribution in [1.29, 1.82) is 0 Å². The van der Waals surface area contributed by atoms with E-state index >= 15 is 0 Å². The summed E-state index contributed by atoms with van der Waals surface area (Å²) < 4.78 is 26.3. The Morgan fingerprint density at radius 2 is 1.50 bits per heavy atom. The highest BCUT2D eigenvalue weighted by atomic mass is 19.1. The number of rotatable bonds is 6. The van der Waals surface area contributed by atoms with Crippen molar-refractivity contribution < 1.29 is 8.78 Å². The van der Waals surface area contributed by atoms with E-state index in [1.165, 1.54) is 12.1 Å². The molecule has 0 aliphatic carbocycles. The number of nitrogens with two attached hydrogens (primary N) is 1. The van der Waals surface area contributed by atoms with Crippen LogP contribution in [0.1, 0.15) is 18.4 Å². The van der Waals surface area contributed by atoms with Gasteiger partial charge >= 0.3 is 0 Å². The number of hydrogen-bond donors (Lipinski definition) is 1. The van der Waals surface area contributed by atoms with E-state index < -0.39 is 11.6 Å². The molecular formula is C15H23F2N3. The maximum atomic E-state index is 13.1. The van der Waals surface area contributed by atoms with Gasteiger partial charge in [-0.15, -0.1) is 0 Å². The molecule has 0 aromatic heterocycles. The highest BCUT2D eigenvalue weighted by Gasteiger charge is 2.16. The van der Waals surface area contributed by atoms with Gasteiger partial charge in [0.15, 0.2) is 0 Å². The van der Waals surface area contributed by atoms with Crippen LogP contribution in [0.25, 0.3) is 0 Å². The first-order chi connectivity index (χ1) is 9.67. The third-order valence-electron chi connectivity index (χ3n) is 3.72. The summed E-state index contributed by atoms with van der Waals surface area (Å²) in [5.74, 6) is -0.999. The van der Waals surface area contributed by atoms with Gasteiger partial charge < -0.3 is 10.6 Å². The summed E-state index contributed by atoms with van der Waals surface area (Å²) in [5, 5.41) is 0. The first-order valence-electron chi connectivity index (χ1n) is 7.27. The fourth-order valence-corrected chi connectivity index (χ4v) is 2.61. The van der Waals surface area contributed by atoms with E-state index in [4.69, 9.17) is 5.73 Å². The Hall–Kier alpha value is -1.04. The van der Waals surface area contributed by atoms with Gasteiger partial charge in [-0.05, 0) is 43.6 Å². The summed E-state index contributed by atoms with van der Waals surface area (Å²) in [4.78, 5) is 4.67. The van der Waals surface area contributed by atoms with Gasteiger partial charge in [-0.25, -0.2) is 8.78 Å². The Bertz CT molecular complexity index is 397. The number of piperazine rings is 1. The lowest BCUT2D eigenvalue weighted by Crippen LogP contribution is -2.46. The minimum Gasteiger partial charge on any atom is -0.330 e. The van der Waals surface area contributed by atoms with E-state index in [2.05, 4.69) is 9.80 Å². The van der Waals surface area contributed by atoms with E-state index in [0.717, 1.165) is 58.2 Å². The van der Waals surface area contributed by atoms with Crippen LogP contribution in [0.2, 0.25) is 0 Å². The molecule has 1 aromatic rings. The minimum absolute atomic E-state index is 0.500. The van der Waals surface area contributed by atoms with Crippen molar-refractivity contribution in [2.75, 3.05) is 39.3 Å². The van der Waals surface area contributed by atoms with Crippen LogP contribution in [0, 0.1) is 11.6 Å². The quantitative estimate of drug-likeness (QED) is 0.808. The van der Waals surface area contributed by atoms with Gasteiger partial charge in [0.2, 0.25) is 0 Å². The van der Waals surface area contributed by atoms with Crippen molar-refractivity contribution in [3.63, 3.8) is 0 Å². The smallest absolute Gasteiger partial charge is 0.126 e. The van der Waals surface area contributed by atoms with Gasteiger partial charge in [0.1, 0.15) is 11.6 Å². The van der Waals surface area contributed by atoms with Crippen molar-refractivity contribution in [2.24, 2.45) is 5.73 Å². The molecule has 1 aromatic carbocycles. The molecule has 0 bridgehead atoms. The number of nitrogens with zero attached hydrogens (tertiary/aromatic N) is 2. The molecular weight excluding hydrogens is 260 g/mol. The minimum atomic E-state index is -0.500. The Morgan fingerprint density at radius 1 is 0.900 bits per heavy atom. The summed E-state index contributed by atoms with van der Waals surface area (Å²) in [6.45, 7) is 6.39. The predicted molar refractivity (Wildman–Crippen MR) is 76.4 cm³/mol. The lowest BCUT2D eigenvalue weighted by Gasteiger charge is -2.34. The molecule has 2 N–H and O–H groups in total. The molecule has 0 amide bonds. The lowest BCUT2D eigenvalue weighted by atomic mass is 10.2. The van der Waals surface area contributed by atoms with Crippen molar-refractivity contribution in [2.45, 2.75) is 19.4 Å². The molecule has 1 aliphatic rings. The van der Waals surface area contributed by atoms with Crippen LogP contribution in [0.15, 0.2) is 18.2 Å². The van der Waals surface area contributed by atoms with E-state index in [1.54, 1.807) is 0 Å². The zero-order valence-electron chi connectivity index (χ0n) is 11.8. The number of unbranched alkanes of at least 4 members (excludes halogenated alkanes) is 1. The average molecular weight is 283 g/mol. The third-order valence-corrected chi connectivity index (χ3v) is 3.72. The van der Waals surface area contributed by atoms with Crippen LogP contribution >= 0.6 is 0 Å². The van der Waals surface area contributed by atoms with E-state index in [-0.39, 0.29) is 0 Å². The van der Waals surface area contributed by atoms with Crippen molar-refractivity contribution >= 4 is 0 Å². The zero-order valence-corrected chi connectivity index (χ0v) is 11.8.